The van der Waals surface area contributed by atoms with E-state index in [4.69, 9.17) is 18.6 Å². The monoisotopic (exact) mass is 610 g/mol. The van der Waals surface area contributed by atoms with Crippen LogP contribution in [-0.2, 0) is 0 Å². The van der Waals surface area contributed by atoms with Crippen LogP contribution in [0.3, 0.4) is 0 Å². The molecular formula is C39H62O5. The summed E-state index contributed by atoms with van der Waals surface area (Å²) in [7, 11) is 0. The normalized spacial score (nSPS) is 11.6. The Morgan fingerprint density at radius 2 is 1.25 bits per heavy atom. The van der Waals surface area contributed by atoms with Crippen molar-refractivity contribution in [3.8, 4) is 17.2 Å². The van der Waals surface area contributed by atoms with Crippen LogP contribution in [0.5, 0.6) is 17.2 Å². The molecule has 248 valence electrons. The Balaban J connectivity index is 2.03. The number of hydrogen-bond donors (Lipinski definition) is 0. The molecule has 5 heteroatoms. The molecule has 0 radical (unpaired) electrons. The van der Waals surface area contributed by atoms with Gasteiger partial charge in [-0.2, -0.15) is 0 Å². The molecule has 1 aromatic heterocycles. The summed E-state index contributed by atoms with van der Waals surface area (Å²) in [6, 6.07) is 5.66. The fourth-order valence-corrected chi connectivity index (χ4v) is 5.29. The minimum Gasteiger partial charge on any atom is -0.493 e. The summed E-state index contributed by atoms with van der Waals surface area (Å²) in [6.07, 6.45) is 26.0. The molecule has 1 aromatic carbocycles. The van der Waals surface area contributed by atoms with Crippen LogP contribution in [-0.4, -0.2) is 19.8 Å². The average molecular weight is 611 g/mol. The molecule has 44 heavy (non-hydrogen) atoms. The van der Waals surface area contributed by atoms with Crippen molar-refractivity contribution in [2.24, 2.45) is 0 Å². The van der Waals surface area contributed by atoms with Gasteiger partial charge in [0.2, 0.25) is 5.75 Å². The lowest BCUT2D eigenvalue weighted by Crippen LogP contribution is -2.11. The fraction of sp³-hybridized carbons (Fsp3) is 0.667. The van der Waals surface area contributed by atoms with E-state index in [-0.39, 0.29) is 5.75 Å². The van der Waals surface area contributed by atoms with Gasteiger partial charge in [-0.1, -0.05) is 121 Å². The van der Waals surface area contributed by atoms with Gasteiger partial charge in [0.05, 0.1) is 18.6 Å². The Labute approximate surface area is 268 Å². The van der Waals surface area contributed by atoms with E-state index in [0.29, 0.717) is 36.9 Å². The van der Waals surface area contributed by atoms with Crippen molar-refractivity contribution < 1.29 is 18.6 Å². The van der Waals surface area contributed by atoms with Crippen molar-refractivity contribution >= 4 is 11.0 Å². The second-order valence-corrected chi connectivity index (χ2v) is 12.5. The van der Waals surface area contributed by atoms with Crippen LogP contribution in [0.1, 0.15) is 150 Å². The van der Waals surface area contributed by atoms with Gasteiger partial charge in [0.25, 0.3) is 0 Å². The fourth-order valence-electron chi connectivity index (χ4n) is 5.29. The molecule has 0 saturated carbocycles. The molecule has 0 aliphatic rings. The highest BCUT2D eigenvalue weighted by molar-refractivity contribution is 5.86. The SMILES string of the molecule is CCCCCCCCCCOc1ccc2c(OCC=C(C)CCC=C(C)C)c(OCCCCCCCCCC)c(=O)oc2c1. The number of ether oxygens (including phenoxy) is 3. The Bertz CT molecular complexity index is 1160. The van der Waals surface area contributed by atoms with Gasteiger partial charge in [-0.3, -0.25) is 0 Å². The van der Waals surface area contributed by atoms with Crippen LogP contribution in [0.2, 0.25) is 0 Å². The number of rotatable bonds is 26. The molecule has 5 nitrogen and oxygen atoms in total. The Morgan fingerprint density at radius 1 is 0.682 bits per heavy atom. The molecule has 0 bridgehead atoms. The Kier molecular flexibility index (Phi) is 20.2. The van der Waals surface area contributed by atoms with Crippen LogP contribution in [0, 0.1) is 0 Å². The van der Waals surface area contributed by atoms with E-state index >= 15 is 0 Å². The molecular weight excluding hydrogens is 548 g/mol. The summed E-state index contributed by atoms with van der Waals surface area (Å²) < 4.78 is 24.0. The van der Waals surface area contributed by atoms with Crippen molar-refractivity contribution in [2.45, 2.75) is 150 Å². The summed E-state index contributed by atoms with van der Waals surface area (Å²) in [5, 5.41) is 0.727. The summed E-state index contributed by atoms with van der Waals surface area (Å²) in [6.45, 7) is 12.4. The van der Waals surface area contributed by atoms with Gasteiger partial charge in [0, 0.05) is 6.07 Å². The highest BCUT2D eigenvalue weighted by atomic mass is 16.5. The predicted octanol–water partition coefficient (Wildman–Crippen LogP) is 11.9. The Hall–Kier alpha value is -2.69. The average Bonchev–Trinajstić information content (AvgIpc) is 3.00. The highest BCUT2D eigenvalue weighted by Crippen LogP contribution is 2.35. The third-order valence-electron chi connectivity index (χ3n) is 8.05. The summed E-state index contributed by atoms with van der Waals surface area (Å²) >= 11 is 0. The molecule has 0 N–H and O–H groups in total. The highest BCUT2D eigenvalue weighted by Gasteiger charge is 2.18. The van der Waals surface area contributed by atoms with Crippen LogP contribution < -0.4 is 19.8 Å². The van der Waals surface area contributed by atoms with Crippen molar-refractivity contribution in [3.63, 3.8) is 0 Å². The second kappa shape index (κ2) is 23.7. The van der Waals surface area contributed by atoms with E-state index in [1.54, 1.807) is 6.07 Å². The molecule has 0 aliphatic carbocycles. The predicted molar refractivity (Wildman–Crippen MR) is 187 cm³/mol. The number of unbranched alkanes of at least 4 members (excludes halogenated alkanes) is 14. The van der Waals surface area contributed by atoms with Gasteiger partial charge in [0.15, 0.2) is 5.75 Å². The smallest absolute Gasteiger partial charge is 0.383 e. The first kappa shape index (κ1) is 37.5. The van der Waals surface area contributed by atoms with E-state index in [2.05, 4.69) is 46.8 Å². The minimum atomic E-state index is -0.503. The molecule has 0 aliphatic heterocycles. The quantitative estimate of drug-likeness (QED) is 0.0602. The van der Waals surface area contributed by atoms with Crippen molar-refractivity contribution in [2.75, 3.05) is 19.8 Å². The minimum absolute atomic E-state index is 0.170. The van der Waals surface area contributed by atoms with Gasteiger partial charge < -0.3 is 18.6 Å². The van der Waals surface area contributed by atoms with Crippen molar-refractivity contribution in [3.05, 3.63) is 51.9 Å². The number of allylic oxidation sites excluding steroid dienone is 3. The van der Waals surface area contributed by atoms with E-state index in [0.717, 1.165) is 37.5 Å². The van der Waals surface area contributed by atoms with E-state index in [1.165, 1.54) is 94.6 Å². The number of hydrogen-bond acceptors (Lipinski definition) is 5. The molecule has 2 aromatic rings. The first-order chi connectivity index (χ1) is 21.5. The zero-order valence-corrected chi connectivity index (χ0v) is 28.8. The van der Waals surface area contributed by atoms with Crippen molar-refractivity contribution in [1.82, 2.24) is 0 Å². The molecule has 0 saturated heterocycles. The molecule has 0 atom stereocenters. The van der Waals surface area contributed by atoms with Crippen LogP contribution in [0.15, 0.2) is 50.7 Å². The molecule has 0 unspecified atom stereocenters. The first-order valence-corrected chi connectivity index (χ1v) is 17.7. The van der Waals surface area contributed by atoms with Gasteiger partial charge in [-0.15, -0.1) is 0 Å². The zero-order valence-electron chi connectivity index (χ0n) is 28.8. The maximum Gasteiger partial charge on any atom is 0.383 e. The lowest BCUT2D eigenvalue weighted by molar-refractivity contribution is 0.264. The molecule has 0 fully saturated rings. The van der Waals surface area contributed by atoms with Crippen LogP contribution in [0.25, 0.3) is 11.0 Å². The van der Waals surface area contributed by atoms with Crippen molar-refractivity contribution in [1.29, 1.82) is 0 Å². The van der Waals surface area contributed by atoms with Gasteiger partial charge in [-0.25, -0.2) is 4.79 Å². The largest absolute Gasteiger partial charge is 0.493 e. The molecule has 1 heterocycles. The lowest BCUT2D eigenvalue weighted by Gasteiger charge is -2.14. The molecule has 0 spiro atoms. The van der Waals surface area contributed by atoms with Crippen LogP contribution in [0.4, 0.5) is 0 Å². The molecule has 2 rings (SSSR count). The molecule has 0 amide bonds. The Morgan fingerprint density at radius 3 is 1.84 bits per heavy atom. The standard InChI is InChI=1S/C39H62O5/c1-6-8-10-12-14-16-18-20-28-41-34-25-26-35-36(31-34)44-39(40)38(42-29-21-19-17-15-13-11-9-7-2)37(35)43-30-27-33(5)24-22-23-32(3)4/h23,25-27,31H,6-22,24,28-30H2,1-5H3. The summed E-state index contributed by atoms with van der Waals surface area (Å²) in [5.41, 5.74) is 2.54. The second-order valence-electron chi connectivity index (χ2n) is 12.5. The summed E-state index contributed by atoms with van der Waals surface area (Å²) in [5.74, 6) is 1.33. The maximum atomic E-state index is 13.1. The third kappa shape index (κ3) is 15.9. The number of fused-ring (bicyclic) bond motifs is 1. The van der Waals surface area contributed by atoms with E-state index in [1.807, 2.05) is 12.1 Å². The first-order valence-electron chi connectivity index (χ1n) is 17.7. The van der Waals surface area contributed by atoms with E-state index in [9.17, 15) is 4.79 Å². The lowest BCUT2D eigenvalue weighted by atomic mass is 10.1. The van der Waals surface area contributed by atoms with E-state index < -0.39 is 5.63 Å². The topological polar surface area (TPSA) is 57.9 Å². The van der Waals surface area contributed by atoms with Crippen LogP contribution >= 0.6 is 0 Å². The van der Waals surface area contributed by atoms with Gasteiger partial charge in [0.1, 0.15) is 17.9 Å². The third-order valence-corrected chi connectivity index (χ3v) is 8.05. The number of benzene rings is 1. The maximum absolute atomic E-state index is 13.1. The zero-order chi connectivity index (χ0) is 31.8. The van der Waals surface area contributed by atoms with Gasteiger partial charge in [-0.05, 0) is 64.7 Å². The summed E-state index contributed by atoms with van der Waals surface area (Å²) in [4.78, 5) is 13.1. The van der Waals surface area contributed by atoms with Gasteiger partial charge >= 0.3 is 5.63 Å².